The van der Waals surface area contributed by atoms with Crippen LogP contribution >= 0.6 is 0 Å². The minimum Gasteiger partial charge on any atom is -0.319 e. The first kappa shape index (κ1) is 17.7. The number of carbonyl (C=O) groups excluding carboxylic acids is 1. The highest BCUT2D eigenvalue weighted by molar-refractivity contribution is 6.04. The number of anilines is 1. The molecule has 0 fully saturated rings. The zero-order valence-corrected chi connectivity index (χ0v) is 14.4. The van der Waals surface area contributed by atoms with E-state index in [4.69, 9.17) is 0 Å². The second-order valence-electron chi connectivity index (χ2n) is 6.11. The van der Waals surface area contributed by atoms with Crippen molar-refractivity contribution in [2.24, 2.45) is 0 Å². The number of hydrogen-bond acceptors (Lipinski definition) is 3. The van der Waals surface area contributed by atoms with E-state index in [1.165, 1.54) is 0 Å². The molecule has 1 heterocycles. The third-order valence-electron chi connectivity index (χ3n) is 4.25. The maximum Gasteiger partial charge on any atom is 0.255 e. The van der Waals surface area contributed by atoms with Gasteiger partial charge in [-0.15, -0.1) is 5.10 Å². The number of fused-ring (bicyclic) bond motifs is 1. The van der Waals surface area contributed by atoms with Gasteiger partial charge in [0.1, 0.15) is 5.52 Å². The smallest absolute Gasteiger partial charge is 0.255 e. The number of amides is 1. The molecule has 0 atom stereocenters. The molecule has 0 saturated heterocycles. The topological polar surface area (TPSA) is 59.8 Å². The van der Waals surface area contributed by atoms with Crippen molar-refractivity contribution in [2.45, 2.75) is 6.54 Å². The summed E-state index contributed by atoms with van der Waals surface area (Å²) in [7, 11) is 0. The Balaban J connectivity index is 1.50. The van der Waals surface area contributed by atoms with E-state index in [2.05, 4.69) is 15.6 Å². The van der Waals surface area contributed by atoms with E-state index in [1.807, 2.05) is 24.3 Å². The predicted molar refractivity (Wildman–Crippen MR) is 97.3 cm³/mol. The van der Waals surface area contributed by atoms with Crippen molar-refractivity contribution in [3.05, 3.63) is 89.2 Å². The molecule has 0 aliphatic rings. The van der Waals surface area contributed by atoms with Crippen LogP contribution in [0.2, 0.25) is 0 Å². The van der Waals surface area contributed by atoms with Crippen LogP contribution in [0.3, 0.4) is 0 Å². The summed E-state index contributed by atoms with van der Waals surface area (Å²) in [5.74, 6) is -5.03. The van der Waals surface area contributed by atoms with E-state index in [-0.39, 0.29) is 5.56 Å². The average Bonchev–Trinajstić information content (AvgIpc) is 3.12. The number of carbonyl (C=O) groups is 1. The molecule has 0 unspecified atom stereocenters. The van der Waals surface area contributed by atoms with Crippen molar-refractivity contribution in [2.75, 3.05) is 5.32 Å². The summed E-state index contributed by atoms with van der Waals surface area (Å²) in [6, 6.07) is 15.8. The monoisotopic (exact) mass is 382 g/mol. The van der Waals surface area contributed by atoms with Crippen molar-refractivity contribution in [1.82, 2.24) is 15.0 Å². The molecule has 0 spiro atoms. The number of nitrogens with one attached hydrogen (secondary N) is 1. The van der Waals surface area contributed by atoms with Crippen LogP contribution < -0.4 is 5.32 Å². The van der Waals surface area contributed by atoms with E-state index in [9.17, 15) is 18.0 Å². The summed E-state index contributed by atoms with van der Waals surface area (Å²) < 4.78 is 41.7. The van der Waals surface area contributed by atoms with Gasteiger partial charge in [0.15, 0.2) is 17.5 Å². The normalized spacial score (nSPS) is 11.0. The van der Waals surface area contributed by atoms with Crippen LogP contribution in [0.1, 0.15) is 15.9 Å². The van der Waals surface area contributed by atoms with E-state index >= 15 is 0 Å². The SMILES string of the molecule is O=C(Nc1ccc(F)c(F)c1F)c1ccc(Cn2nnc3ccccc32)cc1. The summed E-state index contributed by atoms with van der Waals surface area (Å²) in [5.41, 5.74) is 2.37. The molecule has 140 valence electrons. The number of halogens is 3. The standard InChI is InChI=1S/C20H13F3N4O/c21-14-9-10-16(19(23)18(14)22)24-20(28)13-7-5-12(6-8-13)11-27-17-4-2-1-3-15(17)25-26-27/h1-10H,11H2,(H,24,28). The van der Waals surface area contributed by atoms with Crippen LogP contribution in [0.25, 0.3) is 11.0 Å². The molecule has 8 heteroatoms. The van der Waals surface area contributed by atoms with Crippen LogP contribution in [-0.2, 0) is 6.54 Å². The molecule has 4 rings (SSSR count). The maximum atomic E-state index is 13.7. The van der Waals surface area contributed by atoms with Gasteiger partial charge >= 0.3 is 0 Å². The molecule has 1 amide bonds. The number of aromatic nitrogens is 3. The van der Waals surface area contributed by atoms with Gasteiger partial charge in [-0.3, -0.25) is 4.79 Å². The van der Waals surface area contributed by atoms with Gasteiger partial charge in [0.25, 0.3) is 5.91 Å². The fraction of sp³-hybridized carbons (Fsp3) is 0.0500. The average molecular weight is 382 g/mol. The minimum atomic E-state index is -1.63. The van der Waals surface area contributed by atoms with Gasteiger partial charge in [-0.05, 0) is 42.0 Å². The zero-order chi connectivity index (χ0) is 19.7. The van der Waals surface area contributed by atoms with Gasteiger partial charge in [0.05, 0.1) is 17.7 Å². The lowest BCUT2D eigenvalue weighted by atomic mass is 10.1. The van der Waals surface area contributed by atoms with E-state index in [0.29, 0.717) is 6.54 Å². The fourth-order valence-electron chi connectivity index (χ4n) is 2.79. The lowest BCUT2D eigenvalue weighted by Crippen LogP contribution is -2.14. The first-order valence-corrected chi connectivity index (χ1v) is 8.35. The van der Waals surface area contributed by atoms with Crippen LogP contribution in [0.4, 0.5) is 18.9 Å². The molecular weight excluding hydrogens is 369 g/mol. The van der Waals surface area contributed by atoms with Crippen LogP contribution in [0, 0.1) is 17.5 Å². The molecule has 0 saturated carbocycles. The molecule has 1 aromatic heterocycles. The molecule has 4 aromatic rings. The summed E-state index contributed by atoms with van der Waals surface area (Å²) in [6.07, 6.45) is 0. The van der Waals surface area contributed by atoms with Gasteiger partial charge in [0, 0.05) is 5.56 Å². The Bertz CT molecular complexity index is 1170. The van der Waals surface area contributed by atoms with Gasteiger partial charge < -0.3 is 5.32 Å². The van der Waals surface area contributed by atoms with Gasteiger partial charge in [-0.25, -0.2) is 17.9 Å². The van der Waals surface area contributed by atoms with Crippen molar-refractivity contribution < 1.29 is 18.0 Å². The Morgan fingerprint density at radius 1 is 0.929 bits per heavy atom. The molecule has 0 aliphatic heterocycles. The second kappa shape index (κ2) is 7.15. The van der Waals surface area contributed by atoms with Gasteiger partial charge in [-0.2, -0.15) is 0 Å². The van der Waals surface area contributed by atoms with E-state index in [0.717, 1.165) is 28.7 Å². The molecule has 3 aromatic carbocycles. The molecule has 0 aliphatic carbocycles. The number of rotatable bonds is 4. The lowest BCUT2D eigenvalue weighted by molar-refractivity contribution is 0.102. The minimum absolute atomic E-state index is 0.247. The molecule has 0 bridgehead atoms. The molecular formula is C20H13F3N4O. The first-order valence-electron chi connectivity index (χ1n) is 8.35. The largest absolute Gasteiger partial charge is 0.319 e. The highest BCUT2D eigenvalue weighted by Crippen LogP contribution is 2.20. The van der Waals surface area contributed by atoms with Gasteiger partial charge in [0.2, 0.25) is 0 Å². The highest BCUT2D eigenvalue weighted by Gasteiger charge is 2.16. The van der Waals surface area contributed by atoms with Crippen molar-refractivity contribution >= 4 is 22.6 Å². The van der Waals surface area contributed by atoms with E-state index < -0.39 is 29.0 Å². The highest BCUT2D eigenvalue weighted by atomic mass is 19.2. The maximum absolute atomic E-state index is 13.7. The summed E-state index contributed by atoms with van der Waals surface area (Å²) in [5, 5.41) is 10.4. The summed E-state index contributed by atoms with van der Waals surface area (Å²) >= 11 is 0. The number of benzene rings is 3. The lowest BCUT2D eigenvalue weighted by Gasteiger charge is -2.08. The third kappa shape index (κ3) is 3.32. The summed E-state index contributed by atoms with van der Waals surface area (Å²) in [6.45, 7) is 0.459. The third-order valence-corrected chi connectivity index (χ3v) is 4.25. The first-order chi connectivity index (χ1) is 13.5. The van der Waals surface area contributed by atoms with Gasteiger partial charge in [-0.1, -0.05) is 29.5 Å². The summed E-state index contributed by atoms with van der Waals surface area (Å²) in [4.78, 5) is 12.2. The second-order valence-corrected chi connectivity index (χ2v) is 6.11. The quantitative estimate of drug-likeness (QED) is 0.540. The number of hydrogen-bond donors (Lipinski definition) is 1. The Morgan fingerprint density at radius 3 is 2.46 bits per heavy atom. The van der Waals surface area contributed by atoms with Crippen molar-refractivity contribution in [3.8, 4) is 0 Å². The molecule has 1 N–H and O–H groups in total. The Morgan fingerprint density at radius 2 is 1.68 bits per heavy atom. The molecule has 28 heavy (non-hydrogen) atoms. The van der Waals surface area contributed by atoms with Crippen LogP contribution in [0.15, 0.2) is 60.7 Å². The Kier molecular flexibility index (Phi) is 4.52. The Labute approximate surface area is 157 Å². The Hall–Kier alpha value is -3.68. The van der Waals surface area contributed by atoms with Crippen LogP contribution in [-0.4, -0.2) is 20.9 Å². The number of nitrogens with zero attached hydrogens (tertiary/aromatic N) is 3. The number of para-hydroxylation sites is 1. The van der Waals surface area contributed by atoms with Crippen molar-refractivity contribution in [3.63, 3.8) is 0 Å². The predicted octanol–water partition coefficient (Wildman–Crippen LogP) is 4.15. The van der Waals surface area contributed by atoms with E-state index in [1.54, 1.807) is 28.9 Å². The zero-order valence-electron chi connectivity index (χ0n) is 14.4. The molecule has 5 nitrogen and oxygen atoms in total. The van der Waals surface area contributed by atoms with Crippen LogP contribution in [0.5, 0.6) is 0 Å². The fourth-order valence-corrected chi connectivity index (χ4v) is 2.79. The van der Waals surface area contributed by atoms with Crippen molar-refractivity contribution in [1.29, 1.82) is 0 Å². The molecule has 0 radical (unpaired) electrons.